The lowest BCUT2D eigenvalue weighted by molar-refractivity contribution is -0.305. The minimum atomic E-state index is -1.36. The summed E-state index contributed by atoms with van der Waals surface area (Å²) < 4.78 is 10.9. The summed E-state index contributed by atoms with van der Waals surface area (Å²) in [6.07, 6.45) is 1.64. The van der Waals surface area contributed by atoms with Crippen molar-refractivity contribution in [3.8, 4) is 11.5 Å². The highest BCUT2D eigenvalue weighted by Crippen LogP contribution is 2.34. The fraction of sp³-hybridized carbons (Fsp3) is 0.267. The predicted octanol–water partition coefficient (Wildman–Crippen LogP) is 1.04. The molecule has 0 aliphatic carbocycles. The van der Waals surface area contributed by atoms with Gasteiger partial charge in [0.1, 0.15) is 4.32 Å². The van der Waals surface area contributed by atoms with Gasteiger partial charge in [-0.25, -0.2) is 0 Å². The molecule has 8 heteroatoms. The van der Waals surface area contributed by atoms with E-state index in [1.54, 1.807) is 31.4 Å². The molecule has 1 aliphatic heterocycles. The molecule has 1 aromatic rings. The van der Waals surface area contributed by atoms with Crippen molar-refractivity contribution >= 4 is 46.3 Å². The number of carbonyl (C=O) groups excluding carboxylic acids is 2. The number of nitrogens with zero attached hydrogens (tertiary/aromatic N) is 1. The van der Waals surface area contributed by atoms with Gasteiger partial charge in [-0.3, -0.25) is 9.69 Å². The summed E-state index contributed by atoms with van der Waals surface area (Å²) in [6.45, 7) is 1.79. The highest BCUT2D eigenvalue weighted by atomic mass is 32.2. The lowest BCUT2D eigenvalue weighted by Gasteiger charge is -2.14. The van der Waals surface area contributed by atoms with Crippen LogP contribution >= 0.6 is 24.0 Å². The largest absolute Gasteiger partial charge is 0.548 e. The molecule has 0 bridgehead atoms. The summed E-state index contributed by atoms with van der Waals surface area (Å²) in [7, 11) is 1.54. The minimum absolute atomic E-state index is 0.198. The Hall–Kier alpha value is -2.06. The minimum Gasteiger partial charge on any atom is -0.548 e. The number of thioether (sulfide) groups is 1. The number of carboxylic acid groups (broad SMARTS) is 1. The van der Waals surface area contributed by atoms with Crippen LogP contribution in [-0.4, -0.2) is 41.4 Å². The van der Waals surface area contributed by atoms with E-state index < -0.39 is 18.4 Å². The zero-order chi connectivity index (χ0) is 17.0. The normalized spacial score (nSPS) is 16.1. The van der Waals surface area contributed by atoms with Crippen molar-refractivity contribution in [3.05, 3.63) is 28.7 Å². The summed E-state index contributed by atoms with van der Waals surface area (Å²) in [5.41, 5.74) is 0.725. The van der Waals surface area contributed by atoms with Crippen LogP contribution in [0.15, 0.2) is 23.1 Å². The van der Waals surface area contributed by atoms with Crippen LogP contribution in [0.4, 0.5) is 0 Å². The number of benzene rings is 1. The van der Waals surface area contributed by atoms with Gasteiger partial charge in [0.05, 0.1) is 31.1 Å². The van der Waals surface area contributed by atoms with Gasteiger partial charge in [-0.15, -0.1) is 0 Å². The smallest absolute Gasteiger partial charge is 0.266 e. The molecule has 1 saturated heterocycles. The molecular weight excluding hydrogens is 338 g/mol. The monoisotopic (exact) mass is 352 g/mol. The maximum absolute atomic E-state index is 12.2. The standard InChI is InChI=1S/C15H15NO5S2/c1-3-21-11-6-9(4-5-10(11)20-2)7-12-14(19)16(8-13(17)18)15(22)23-12/h4-7H,3,8H2,1-2H3,(H,17,18)/p-1/b12-7+. The van der Waals surface area contributed by atoms with Crippen LogP contribution in [0.2, 0.25) is 0 Å². The number of amides is 1. The Morgan fingerprint density at radius 1 is 1.43 bits per heavy atom. The summed E-state index contributed by atoms with van der Waals surface area (Å²) in [5.74, 6) is -0.647. The fourth-order valence-corrected chi connectivity index (χ4v) is 3.22. The maximum Gasteiger partial charge on any atom is 0.266 e. The van der Waals surface area contributed by atoms with E-state index in [0.29, 0.717) is 23.0 Å². The molecule has 0 aromatic heterocycles. The van der Waals surface area contributed by atoms with Gasteiger partial charge >= 0.3 is 0 Å². The van der Waals surface area contributed by atoms with Crippen molar-refractivity contribution in [2.75, 3.05) is 20.3 Å². The first-order valence-corrected chi connectivity index (χ1v) is 7.94. The molecule has 1 fully saturated rings. The Labute approximate surface area is 143 Å². The zero-order valence-electron chi connectivity index (χ0n) is 12.5. The molecule has 0 saturated carbocycles. The van der Waals surface area contributed by atoms with Gasteiger partial charge < -0.3 is 19.4 Å². The van der Waals surface area contributed by atoms with Gasteiger partial charge in [0.15, 0.2) is 11.5 Å². The van der Waals surface area contributed by atoms with E-state index in [1.807, 2.05) is 6.92 Å². The molecular formula is C15H14NO5S2-. The molecule has 1 amide bonds. The van der Waals surface area contributed by atoms with E-state index in [1.165, 1.54) is 0 Å². The van der Waals surface area contributed by atoms with Crippen LogP contribution in [-0.2, 0) is 9.59 Å². The van der Waals surface area contributed by atoms with Crippen molar-refractivity contribution in [1.29, 1.82) is 0 Å². The highest BCUT2D eigenvalue weighted by Gasteiger charge is 2.31. The number of carboxylic acids is 1. The molecule has 0 radical (unpaired) electrons. The van der Waals surface area contributed by atoms with E-state index in [2.05, 4.69) is 0 Å². The Kier molecular flexibility index (Phi) is 5.62. The quantitative estimate of drug-likeness (QED) is 0.559. The second kappa shape index (κ2) is 7.47. The SMILES string of the molecule is CCOc1cc(/C=C2/SC(=S)N(CC(=O)[O-])C2=O)ccc1OC. The Morgan fingerprint density at radius 3 is 2.78 bits per heavy atom. The van der Waals surface area contributed by atoms with Gasteiger partial charge in [-0.05, 0) is 30.7 Å². The Balaban J connectivity index is 2.28. The number of methoxy groups -OCH3 is 1. The van der Waals surface area contributed by atoms with Crippen LogP contribution in [0.5, 0.6) is 11.5 Å². The molecule has 0 atom stereocenters. The van der Waals surface area contributed by atoms with Crippen molar-refractivity contribution in [3.63, 3.8) is 0 Å². The number of carbonyl (C=O) groups is 2. The summed E-state index contributed by atoms with van der Waals surface area (Å²) >= 11 is 6.08. The van der Waals surface area contributed by atoms with Crippen LogP contribution < -0.4 is 14.6 Å². The highest BCUT2D eigenvalue weighted by molar-refractivity contribution is 8.26. The predicted molar refractivity (Wildman–Crippen MR) is 89.0 cm³/mol. The first-order chi connectivity index (χ1) is 11.0. The second-order valence-electron chi connectivity index (χ2n) is 4.48. The van der Waals surface area contributed by atoms with Gasteiger partial charge in [0.2, 0.25) is 0 Å². The number of thiocarbonyl (C=S) groups is 1. The maximum atomic E-state index is 12.2. The third-order valence-electron chi connectivity index (χ3n) is 2.95. The Morgan fingerprint density at radius 2 is 2.17 bits per heavy atom. The van der Waals surface area contributed by atoms with E-state index >= 15 is 0 Å². The second-order valence-corrected chi connectivity index (χ2v) is 6.16. The van der Waals surface area contributed by atoms with E-state index in [9.17, 15) is 14.7 Å². The van der Waals surface area contributed by atoms with E-state index in [4.69, 9.17) is 21.7 Å². The van der Waals surface area contributed by atoms with Crippen molar-refractivity contribution < 1.29 is 24.2 Å². The molecule has 23 heavy (non-hydrogen) atoms. The van der Waals surface area contributed by atoms with E-state index in [-0.39, 0.29) is 4.32 Å². The lowest BCUT2D eigenvalue weighted by Crippen LogP contribution is -2.40. The van der Waals surface area contributed by atoms with Gasteiger partial charge in [0.25, 0.3) is 5.91 Å². The van der Waals surface area contributed by atoms with Gasteiger partial charge in [-0.2, -0.15) is 0 Å². The van der Waals surface area contributed by atoms with Crippen LogP contribution in [0, 0.1) is 0 Å². The van der Waals surface area contributed by atoms with Crippen LogP contribution in [0.3, 0.4) is 0 Å². The topological polar surface area (TPSA) is 78.9 Å². The molecule has 0 unspecified atom stereocenters. The first kappa shape index (κ1) is 17.3. The molecule has 1 aromatic carbocycles. The number of hydrogen-bond acceptors (Lipinski definition) is 7. The third kappa shape index (κ3) is 4.02. The van der Waals surface area contributed by atoms with Crippen LogP contribution in [0.25, 0.3) is 6.08 Å². The molecule has 122 valence electrons. The molecule has 2 rings (SSSR count). The number of hydrogen-bond donors (Lipinski definition) is 0. The van der Waals surface area contributed by atoms with E-state index in [0.717, 1.165) is 22.2 Å². The van der Waals surface area contributed by atoms with Gasteiger partial charge in [0, 0.05) is 0 Å². The van der Waals surface area contributed by atoms with Crippen molar-refractivity contribution in [2.45, 2.75) is 6.92 Å². The Bertz CT molecular complexity index is 686. The molecule has 0 spiro atoms. The van der Waals surface area contributed by atoms with Crippen molar-refractivity contribution in [2.24, 2.45) is 0 Å². The molecule has 1 aliphatic rings. The third-order valence-corrected chi connectivity index (χ3v) is 4.32. The van der Waals surface area contributed by atoms with Crippen LogP contribution in [0.1, 0.15) is 12.5 Å². The first-order valence-electron chi connectivity index (χ1n) is 6.72. The summed E-state index contributed by atoms with van der Waals surface area (Å²) in [4.78, 5) is 24.2. The number of rotatable bonds is 6. The molecule has 1 heterocycles. The number of aliphatic carboxylic acids is 1. The average Bonchev–Trinajstić information content (AvgIpc) is 2.75. The van der Waals surface area contributed by atoms with Crippen molar-refractivity contribution in [1.82, 2.24) is 4.90 Å². The lowest BCUT2D eigenvalue weighted by atomic mass is 10.2. The average molecular weight is 352 g/mol. The molecule has 6 nitrogen and oxygen atoms in total. The van der Waals surface area contributed by atoms with Gasteiger partial charge in [-0.1, -0.05) is 30.0 Å². The summed E-state index contributed by atoms with van der Waals surface area (Å²) in [6, 6.07) is 5.25. The summed E-state index contributed by atoms with van der Waals surface area (Å²) in [5, 5.41) is 10.7. The number of ether oxygens (including phenoxy) is 2. The molecule has 0 N–H and O–H groups in total. The fourth-order valence-electron chi connectivity index (χ4n) is 1.97. The zero-order valence-corrected chi connectivity index (χ0v) is 14.2.